The molecule has 2 atom stereocenters. The lowest BCUT2D eigenvalue weighted by molar-refractivity contribution is -0.153. The van der Waals surface area contributed by atoms with E-state index >= 15 is 0 Å². The summed E-state index contributed by atoms with van der Waals surface area (Å²) >= 11 is 0. The number of rotatable bonds is 4. The Morgan fingerprint density at radius 3 is 2.55 bits per heavy atom. The van der Waals surface area contributed by atoms with Crippen LogP contribution in [0, 0.1) is 23.0 Å². The number of hydrogen-bond donors (Lipinski definition) is 1. The highest BCUT2D eigenvalue weighted by atomic mass is 19.1. The molecular formula is C15H16F2O3. The Labute approximate surface area is 115 Å². The molecule has 1 aliphatic heterocycles. The van der Waals surface area contributed by atoms with E-state index < -0.39 is 29.1 Å². The van der Waals surface area contributed by atoms with Gasteiger partial charge in [-0.3, -0.25) is 4.79 Å². The number of ether oxygens (including phenoxy) is 1. The van der Waals surface area contributed by atoms with Crippen molar-refractivity contribution in [3.8, 4) is 0 Å². The molecule has 0 radical (unpaired) electrons. The van der Waals surface area contributed by atoms with Crippen molar-refractivity contribution in [3.63, 3.8) is 0 Å². The van der Waals surface area contributed by atoms with Gasteiger partial charge in [0.2, 0.25) is 0 Å². The topological polar surface area (TPSA) is 46.5 Å². The van der Waals surface area contributed by atoms with Crippen LogP contribution in [0.1, 0.15) is 24.8 Å². The van der Waals surface area contributed by atoms with Gasteiger partial charge in [0.1, 0.15) is 17.0 Å². The van der Waals surface area contributed by atoms with E-state index in [1.165, 1.54) is 6.07 Å². The van der Waals surface area contributed by atoms with Gasteiger partial charge in [0.25, 0.3) is 0 Å². The van der Waals surface area contributed by atoms with E-state index in [1.807, 2.05) is 0 Å². The zero-order valence-corrected chi connectivity index (χ0v) is 10.9. The van der Waals surface area contributed by atoms with Crippen LogP contribution in [0.5, 0.6) is 0 Å². The smallest absolute Gasteiger partial charge is 0.312 e. The lowest BCUT2D eigenvalue weighted by atomic mass is 9.74. The molecule has 2 fully saturated rings. The first-order chi connectivity index (χ1) is 9.54. The highest BCUT2D eigenvalue weighted by Gasteiger charge is 2.56. The molecule has 1 aromatic carbocycles. The predicted octanol–water partition coefficient (Wildman–Crippen LogP) is 2.78. The van der Waals surface area contributed by atoms with Gasteiger partial charge in [0, 0.05) is 12.2 Å². The molecule has 20 heavy (non-hydrogen) atoms. The molecule has 2 unspecified atom stereocenters. The van der Waals surface area contributed by atoms with E-state index in [1.54, 1.807) is 0 Å². The number of benzene rings is 1. The molecule has 108 valence electrons. The van der Waals surface area contributed by atoms with E-state index in [0.717, 1.165) is 25.0 Å². The number of halogens is 2. The van der Waals surface area contributed by atoms with Crippen LogP contribution in [0.4, 0.5) is 8.78 Å². The fraction of sp³-hybridized carbons (Fsp3) is 0.533. The largest absolute Gasteiger partial charge is 0.481 e. The Kier molecular flexibility index (Phi) is 3.24. The maximum absolute atomic E-state index is 13.8. The first-order valence-electron chi connectivity index (χ1n) is 6.82. The summed E-state index contributed by atoms with van der Waals surface area (Å²) in [6, 6.07) is 3.61. The van der Waals surface area contributed by atoms with Crippen molar-refractivity contribution in [1.82, 2.24) is 0 Å². The van der Waals surface area contributed by atoms with Crippen molar-refractivity contribution in [2.45, 2.75) is 31.8 Å². The van der Waals surface area contributed by atoms with Crippen molar-refractivity contribution in [2.24, 2.45) is 11.3 Å². The first-order valence-corrected chi connectivity index (χ1v) is 6.82. The van der Waals surface area contributed by atoms with Crippen LogP contribution >= 0.6 is 0 Å². The van der Waals surface area contributed by atoms with Gasteiger partial charge in [-0.25, -0.2) is 8.78 Å². The second-order valence-electron chi connectivity index (χ2n) is 5.72. The minimum Gasteiger partial charge on any atom is -0.481 e. The molecular weight excluding hydrogens is 266 g/mol. The van der Waals surface area contributed by atoms with Gasteiger partial charge in [-0.15, -0.1) is 0 Å². The molecule has 3 nitrogen and oxygen atoms in total. The zero-order chi connectivity index (χ0) is 14.3. The Morgan fingerprint density at radius 2 is 2.00 bits per heavy atom. The van der Waals surface area contributed by atoms with Crippen LogP contribution in [-0.2, 0) is 16.0 Å². The van der Waals surface area contributed by atoms with Crippen LogP contribution in [0.2, 0.25) is 0 Å². The summed E-state index contributed by atoms with van der Waals surface area (Å²) in [5, 5.41) is 9.63. The van der Waals surface area contributed by atoms with Gasteiger partial charge in [-0.05, 0) is 43.7 Å². The van der Waals surface area contributed by atoms with Gasteiger partial charge in [-0.1, -0.05) is 6.07 Å². The van der Waals surface area contributed by atoms with E-state index in [4.69, 9.17) is 4.74 Å². The summed E-state index contributed by atoms with van der Waals surface area (Å²) in [7, 11) is 0. The van der Waals surface area contributed by atoms with Crippen LogP contribution in [0.3, 0.4) is 0 Å². The number of carboxylic acids is 1. The Hall–Kier alpha value is -1.49. The molecule has 0 spiro atoms. The average Bonchev–Trinajstić information content (AvgIpc) is 3.15. The summed E-state index contributed by atoms with van der Waals surface area (Å²) < 4.78 is 33.2. The molecule has 1 aromatic rings. The van der Waals surface area contributed by atoms with E-state index in [-0.39, 0.29) is 17.9 Å². The number of carbonyl (C=O) groups is 1. The third-order valence-corrected chi connectivity index (χ3v) is 4.42. The Morgan fingerprint density at radius 1 is 1.35 bits per heavy atom. The molecule has 1 saturated carbocycles. The van der Waals surface area contributed by atoms with Crippen molar-refractivity contribution < 1.29 is 23.4 Å². The molecule has 5 heteroatoms. The highest BCUT2D eigenvalue weighted by Crippen LogP contribution is 2.50. The lowest BCUT2D eigenvalue weighted by Gasteiger charge is -2.30. The standard InChI is InChI=1S/C15H16F2O3/c16-11-2-1-3-12(17)10(11)8-15(14(18)19)6-7-20-13(15)9-4-5-9/h1-3,9,13H,4-8H2,(H,18,19). The number of hydrogen-bond acceptors (Lipinski definition) is 2. The maximum atomic E-state index is 13.8. The average molecular weight is 282 g/mol. The molecule has 1 N–H and O–H groups in total. The molecule has 0 amide bonds. The fourth-order valence-electron chi connectivity index (χ4n) is 3.17. The maximum Gasteiger partial charge on any atom is 0.312 e. The highest BCUT2D eigenvalue weighted by molar-refractivity contribution is 5.76. The van der Waals surface area contributed by atoms with Crippen molar-refractivity contribution in [2.75, 3.05) is 6.61 Å². The normalized spacial score (nSPS) is 29.6. The molecule has 1 aliphatic carbocycles. The Balaban J connectivity index is 1.97. The summed E-state index contributed by atoms with van der Waals surface area (Å²) in [6.07, 6.45) is 1.58. The third kappa shape index (κ3) is 2.10. The van der Waals surface area contributed by atoms with E-state index in [0.29, 0.717) is 13.0 Å². The molecule has 3 rings (SSSR count). The quantitative estimate of drug-likeness (QED) is 0.923. The minimum absolute atomic E-state index is 0.147. The van der Waals surface area contributed by atoms with Gasteiger partial charge >= 0.3 is 5.97 Å². The fourth-order valence-corrected chi connectivity index (χ4v) is 3.17. The molecule has 2 aliphatic rings. The predicted molar refractivity (Wildman–Crippen MR) is 67.2 cm³/mol. The number of carboxylic acid groups (broad SMARTS) is 1. The van der Waals surface area contributed by atoms with E-state index in [9.17, 15) is 18.7 Å². The van der Waals surface area contributed by atoms with Crippen molar-refractivity contribution >= 4 is 5.97 Å². The third-order valence-electron chi connectivity index (χ3n) is 4.42. The van der Waals surface area contributed by atoms with Crippen LogP contribution in [-0.4, -0.2) is 23.8 Å². The van der Waals surface area contributed by atoms with Crippen LogP contribution < -0.4 is 0 Å². The monoisotopic (exact) mass is 282 g/mol. The summed E-state index contributed by atoms with van der Waals surface area (Å²) in [5.41, 5.74) is -1.35. The summed E-state index contributed by atoms with van der Waals surface area (Å²) in [5.74, 6) is -2.18. The van der Waals surface area contributed by atoms with Crippen molar-refractivity contribution in [3.05, 3.63) is 35.4 Å². The minimum atomic E-state index is -1.20. The lowest BCUT2D eigenvalue weighted by Crippen LogP contribution is -2.42. The molecule has 0 bridgehead atoms. The van der Waals surface area contributed by atoms with Crippen molar-refractivity contribution in [1.29, 1.82) is 0 Å². The van der Waals surface area contributed by atoms with Crippen LogP contribution in [0.15, 0.2) is 18.2 Å². The second kappa shape index (κ2) is 4.81. The van der Waals surface area contributed by atoms with Gasteiger partial charge in [-0.2, -0.15) is 0 Å². The second-order valence-corrected chi connectivity index (χ2v) is 5.72. The first kappa shape index (κ1) is 13.5. The van der Waals surface area contributed by atoms with Gasteiger partial charge < -0.3 is 9.84 Å². The zero-order valence-electron chi connectivity index (χ0n) is 10.9. The van der Waals surface area contributed by atoms with Gasteiger partial charge in [0.15, 0.2) is 0 Å². The molecule has 1 saturated heterocycles. The SMILES string of the molecule is O=C(O)C1(Cc2c(F)cccc2F)CCOC1C1CC1. The summed E-state index contributed by atoms with van der Waals surface area (Å²) in [6.45, 7) is 0.337. The molecule has 1 heterocycles. The van der Waals surface area contributed by atoms with Crippen LogP contribution in [0.25, 0.3) is 0 Å². The summed E-state index contributed by atoms with van der Waals surface area (Å²) in [4.78, 5) is 11.8. The number of aliphatic carboxylic acids is 1. The molecule has 0 aromatic heterocycles. The van der Waals surface area contributed by atoms with Gasteiger partial charge in [0.05, 0.1) is 6.10 Å². The Bertz CT molecular complexity index is 522. The van der Waals surface area contributed by atoms with E-state index in [2.05, 4.69) is 0 Å².